The molecule has 2 aromatic rings. The zero-order chi connectivity index (χ0) is 18.8. The molecule has 0 fully saturated rings. The van der Waals surface area contributed by atoms with E-state index in [4.69, 9.17) is 16.3 Å². The molecule has 0 unspecified atom stereocenters. The third-order valence-corrected chi connectivity index (χ3v) is 4.08. The van der Waals surface area contributed by atoms with Gasteiger partial charge in [-0.15, -0.1) is 0 Å². The fraction of sp³-hybridized carbons (Fsp3) is 0.300. The number of ether oxygens (including phenoxy) is 1. The average molecular weight is 375 g/mol. The van der Waals surface area contributed by atoms with E-state index in [0.717, 1.165) is 18.4 Å². The summed E-state index contributed by atoms with van der Waals surface area (Å²) in [6, 6.07) is 14.2. The third kappa shape index (κ3) is 6.50. The van der Waals surface area contributed by atoms with Crippen molar-refractivity contribution in [2.24, 2.45) is 0 Å². The van der Waals surface area contributed by atoms with Crippen LogP contribution in [-0.2, 0) is 11.2 Å². The van der Waals surface area contributed by atoms with Crippen molar-refractivity contribution in [1.82, 2.24) is 10.6 Å². The molecule has 0 atom stereocenters. The minimum Gasteiger partial charge on any atom is -0.385 e. The Bertz CT molecular complexity index is 715. The van der Waals surface area contributed by atoms with E-state index < -0.39 is 0 Å². The van der Waals surface area contributed by atoms with Gasteiger partial charge in [0.05, 0.1) is 0 Å². The Labute approximate surface area is 158 Å². The van der Waals surface area contributed by atoms with Gasteiger partial charge in [-0.3, -0.25) is 9.59 Å². The Hall–Kier alpha value is -2.37. The average Bonchev–Trinajstić information content (AvgIpc) is 2.66. The van der Waals surface area contributed by atoms with Crippen LogP contribution in [-0.4, -0.2) is 38.6 Å². The Kier molecular flexibility index (Phi) is 8.12. The van der Waals surface area contributed by atoms with E-state index in [1.54, 1.807) is 31.4 Å². The molecule has 138 valence electrons. The van der Waals surface area contributed by atoms with Gasteiger partial charge in [0.1, 0.15) is 0 Å². The van der Waals surface area contributed by atoms with Crippen LogP contribution in [0.2, 0.25) is 5.02 Å². The first-order chi connectivity index (χ1) is 12.6. The number of amides is 2. The summed E-state index contributed by atoms with van der Waals surface area (Å²) in [6.45, 7) is 1.69. The molecule has 0 aliphatic heterocycles. The summed E-state index contributed by atoms with van der Waals surface area (Å²) < 4.78 is 4.94. The van der Waals surface area contributed by atoms with E-state index in [1.807, 2.05) is 24.3 Å². The van der Waals surface area contributed by atoms with Gasteiger partial charge in [0.15, 0.2) is 0 Å². The van der Waals surface area contributed by atoms with Crippen molar-refractivity contribution in [1.29, 1.82) is 0 Å². The van der Waals surface area contributed by atoms with Crippen LogP contribution < -0.4 is 10.6 Å². The summed E-state index contributed by atoms with van der Waals surface area (Å²) >= 11 is 5.85. The maximum Gasteiger partial charge on any atom is 0.251 e. The summed E-state index contributed by atoms with van der Waals surface area (Å²) in [7, 11) is 1.63. The lowest BCUT2D eigenvalue weighted by Crippen LogP contribution is -2.27. The lowest BCUT2D eigenvalue weighted by atomic mass is 10.1. The third-order valence-electron chi connectivity index (χ3n) is 3.83. The van der Waals surface area contributed by atoms with Crippen molar-refractivity contribution in [3.05, 3.63) is 70.2 Å². The lowest BCUT2D eigenvalue weighted by Gasteiger charge is -2.07. The smallest absolute Gasteiger partial charge is 0.251 e. The van der Waals surface area contributed by atoms with Crippen LogP contribution in [0.25, 0.3) is 0 Å². The van der Waals surface area contributed by atoms with E-state index in [-0.39, 0.29) is 11.8 Å². The first-order valence-corrected chi connectivity index (χ1v) is 8.88. The SMILES string of the molecule is COCCCNC(=O)c1ccc(C(=O)NCCc2ccc(Cl)cc2)cc1. The number of hydrogen-bond donors (Lipinski definition) is 2. The van der Waals surface area contributed by atoms with Gasteiger partial charge in [-0.2, -0.15) is 0 Å². The Morgan fingerprint density at radius 2 is 1.42 bits per heavy atom. The normalized spacial score (nSPS) is 10.4. The molecule has 2 amide bonds. The standard InChI is InChI=1S/C20H23ClN2O3/c1-26-14-2-12-22-19(24)16-5-7-17(8-6-16)20(25)23-13-11-15-3-9-18(21)10-4-15/h3-10H,2,11-14H2,1H3,(H,22,24)(H,23,25). The molecule has 0 heterocycles. The summed E-state index contributed by atoms with van der Waals surface area (Å²) in [5.74, 6) is -0.318. The Morgan fingerprint density at radius 3 is 1.96 bits per heavy atom. The van der Waals surface area contributed by atoms with E-state index in [1.165, 1.54) is 0 Å². The van der Waals surface area contributed by atoms with Crippen molar-refractivity contribution < 1.29 is 14.3 Å². The number of rotatable bonds is 9. The number of carbonyl (C=O) groups excluding carboxylic acids is 2. The maximum absolute atomic E-state index is 12.2. The van der Waals surface area contributed by atoms with Gasteiger partial charge in [0, 0.05) is 43.0 Å². The Balaban J connectivity index is 1.78. The van der Waals surface area contributed by atoms with Gasteiger partial charge >= 0.3 is 0 Å². The van der Waals surface area contributed by atoms with Crippen molar-refractivity contribution in [2.45, 2.75) is 12.8 Å². The first-order valence-electron chi connectivity index (χ1n) is 8.50. The molecule has 0 spiro atoms. The lowest BCUT2D eigenvalue weighted by molar-refractivity contribution is 0.0939. The number of carbonyl (C=O) groups is 2. The minimum atomic E-state index is -0.161. The van der Waals surface area contributed by atoms with E-state index in [9.17, 15) is 9.59 Å². The molecule has 2 aromatic carbocycles. The quantitative estimate of drug-likeness (QED) is 0.663. The Morgan fingerprint density at radius 1 is 0.885 bits per heavy atom. The van der Waals surface area contributed by atoms with Gasteiger partial charge in [-0.1, -0.05) is 23.7 Å². The topological polar surface area (TPSA) is 67.4 Å². The number of hydrogen-bond acceptors (Lipinski definition) is 3. The molecule has 2 N–H and O–H groups in total. The highest BCUT2D eigenvalue weighted by Gasteiger charge is 2.08. The van der Waals surface area contributed by atoms with Gasteiger partial charge in [0.25, 0.3) is 11.8 Å². The maximum atomic E-state index is 12.2. The molecule has 6 heteroatoms. The molecule has 0 aliphatic carbocycles. The van der Waals surface area contributed by atoms with Crippen molar-refractivity contribution in [2.75, 3.05) is 26.8 Å². The second kappa shape index (κ2) is 10.6. The molecule has 0 radical (unpaired) electrons. The molecule has 0 saturated heterocycles. The van der Waals surface area contributed by atoms with Crippen LogP contribution in [0.15, 0.2) is 48.5 Å². The predicted molar refractivity (Wildman–Crippen MR) is 103 cm³/mol. The van der Waals surface area contributed by atoms with E-state index in [2.05, 4.69) is 10.6 Å². The fourth-order valence-corrected chi connectivity index (χ4v) is 2.49. The van der Waals surface area contributed by atoms with Crippen molar-refractivity contribution in [3.63, 3.8) is 0 Å². The van der Waals surface area contributed by atoms with Gasteiger partial charge in [-0.25, -0.2) is 0 Å². The second-order valence-electron chi connectivity index (χ2n) is 5.81. The van der Waals surface area contributed by atoms with Crippen LogP contribution in [0, 0.1) is 0 Å². The fourth-order valence-electron chi connectivity index (χ4n) is 2.37. The summed E-state index contributed by atoms with van der Waals surface area (Å²) in [4.78, 5) is 24.1. The molecule has 0 bridgehead atoms. The molecule has 0 aromatic heterocycles. The minimum absolute atomic E-state index is 0.157. The number of benzene rings is 2. The molecule has 0 saturated carbocycles. The molecular formula is C20H23ClN2O3. The highest BCUT2D eigenvalue weighted by Crippen LogP contribution is 2.10. The largest absolute Gasteiger partial charge is 0.385 e. The molecule has 26 heavy (non-hydrogen) atoms. The monoisotopic (exact) mass is 374 g/mol. The number of methoxy groups -OCH3 is 1. The summed E-state index contributed by atoms with van der Waals surface area (Å²) in [5, 5.41) is 6.38. The molecule has 5 nitrogen and oxygen atoms in total. The van der Waals surface area contributed by atoms with Crippen LogP contribution >= 0.6 is 11.6 Å². The first kappa shape index (κ1) is 19.9. The van der Waals surface area contributed by atoms with Crippen LogP contribution in [0.3, 0.4) is 0 Å². The molecule has 2 rings (SSSR count). The zero-order valence-electron chi connectivity index (χ0n) is 14.8. The van der Waals surface area contributed by atoms with Crippen LogP contribution in [0.5, 0.6) is 0 Å². The summed E-state index contributed by atoms with van der Waals surface area (Å²) in [6.07, 6.45) is 1.49. The summed E-state index contributed by atoms with van der Waals surface area (Å²) in [5.41, 5.74) is 2.16. The predicted octanol–water partition coefficient (Wildman–Crippen LogP) is 3.08. The van der Waals surface area contributed by atoms with Gasteiger partial charge in [-0.05, 0) is 54.8 Å². The zero-order valence-corrected chi connectivity index (χ0v) is 15.5. The van der Waals surface area contributed by atoms with Crippen molar-refractivity contribution in [3.8, 4) is 0 Å². The van der Waals surface area contributed by atoms with Crippen LogP contribution in [0.1, 0.15) is 32.7 Å². The number of halogens is 1. The van der Waals surface area contributed by atoms with E-state index in [0.29, 0.717) is 35.8 Å². The van der Waals surface area contributed by atoms with E-state index >= 15 is 0 Å². The van der Waals surface area contributed by atoms with Crippen LogP contribution in [0.4, 0.5) is 0 Å². The number of nitrogens with one attached hydrogen (secondary N) is 2. The highest BCUT2D eigenvalue weighted by molar-refractivity contribution is 6.30. The molecular weight excluding hydrogens is 352 g/mol. The molecule has 0 aliphatic rings. The van der Waals surface area contributed by atoms with Crippen molar-refractivity contribution >= 4 is 23.4 Å². The highest BCUT2D eigenvalue weighted by atomic mass is 35.5. The van der Waals surface area contributed by atoms with Gasteiger partial charge in [0.2, 0.25) is 0 Å². The van der Waals surface area contributed by atoms with Gasteiger partial charge < -0.3 is 15.4 Å². The second-order valence-corrected chi connectivity index (χ2v) is 6.25.